The number of amides is 1. The van der Waals surface area contributed by atoms with Gasteiger partial charge in [-0.3, -0.25) is 4.79 Å². The van der Waals surface area contributed by atoms with E-state index in [1.54, 1.807) is 0 Å². The van der Waals surface area contributed by atoms with E-state index in [-0.39, 0.29) is 12.5 Å². The summed E-state index contributed by atoms with van der Waals surface area (Å²) in [5, 5.41) is 21.8. The van der Waals surface area contributed by atoms with Crippen molar-refractivity contribution in [2.45, 2.75) is 95.2 Å². The maximum absolute atomic E-state index is 12.4. The third-order valence-electron chi connectivity index (χ3n) is 6.50. The molecule has 0 aromatic heterocycles. The number of allylic oxidation sites excluding steroid dienone is 1. The van der Waals surface area contributed by atoms with Crippen LogP contribution in [0.4, 0.5) is 0 Å². The molecule has 2 N–H and O–H groups in total. The maximum atomic E-state index is 12.4. The maximum Gasteiger partial charge on any atom is 0.219 e. The molecule has 3 rings (SSSR count). The van der Waals surface area contributed by atoms with E-state index in [9.17, 15) is 15.0 Å². The van der Waals surface area contributed by atoms with Gasteiger partial charge < -0.3 is 29.3 Å². The molecular formula is C26H39NO6. The first-order valence-electron chi connectivity index (χ1n) is 12.2. The average Bonchev–Trinajstić information content (AvgIpc) is 2.82. The molecule has 0 bridgehead atoms. The number of aliphatic hydroxyl groups excluding tert-OH is 2. The largest absolute Gasteiger partial charge is 0.388 e. The number of nitrogens with zero attached hydrogens (tertiary/aromatic N) is 1. The van der Waals surface area contributed by atoms with E-state index in [2.05, 4.69) is 6.58 Å². The van der Waals surface area contributed by atoms with Crippen molar-refractivity contribution in [2.24, 2.45) is 0 Å². The molecule has 2 aliphatic rings. The fourth-order valence-electron chi connectivity index (χ4n) is 4.68. The summed E-state index contributed by atoms with van der Waals surface area (Å²) in [4.78, 5) is 14.0. The van der Waals surface area contributed by atoms with Gasteiger partial charge in [-0.25, -0.2) is 0 Å². The van der Waals surface area contributed by atoms with Crippen molar-refractivity contribution in [1.29, 1.82) is 0 Å². The number of ether oxygens (including phenoxy) is 3. The number of benzene rings is 1. The zero-order chi connectivity index (χ0) is 23.6. The first kappa shape index (κ1) is 25.8. The summed E-state index contributed by atoms with van der Waals surface area (Å²) in [7, 11) is 0. The monoisotopic (exact) mass is 461 g/mol. The highest BCUT2D eigenvalue weighted by Crippen LogP contribution is 2.35. The van der Waals surface area contributed by atoms with Crippen molar-refractivity contribution in [3.63, 3.8) is 0 Å². The van der Waals surface area contributed by atoms with Crippen LogP contribution in [0.1, 0.15) is 70.1 Å². The van der Waals surface area contributed by atoms with Crippen LogP contribution in [-0.4, -0.2) is 64.8 Å². The minimum absolute atomic E-state index is 0.192. The van der Waals surface area contributed by atoms with Gasteiger partial charge in [-0.15, -0.1) is 6.58 Å². The van der Waals surface area contributed by atoms with Crippen LogP contribution in [0.2, 0.25) is 0 Å². The Labute approximate surface area is 197 Å². The van der Waals surface area contributed by atoms with E-state index in [0.717, 1.165) is 31.2 Å². The molecule has 1 amide bonds. The Morgan fingerprint density at radius 2 is 1.73 bits per heavy atom. The Morgan fingerprint density at radius 3 is 2.39 bits per heavy atom. The summed E-state index contributed by atoms with van der Waals surface area (Å²) in [6.07, 6.45) is 6.46. The van der Waals surface area contributed by atoms with Crippen molar-refractivity contribution >= 4 is 5.91 Å². The lowest BCUT2D eigenvalue weighted by Crippen LogP contribution is -2.67. The zero-order valence-corrected chi connectivity index (χ0v) is 19.7. The lowest BCUT2D eigenvalue weighted by atomic mass is 9.94. The summed E-state index contributed by atoms with van der Waals surface area (Å²) < 4.78 is 17.5. The number of hydrogen-bond donors (Lipinski definition) is 2. The second kappa shape index (κ2) is 13.2. The van der Waals surface area contributed by atoms with Crippen molar-refractivity contribution in [3.8, 4) is 0 Å². The average molecular weight is 462 g/mol. The minimum atomic E-state index is -1.30. The van der Waals surface area contributed by atoms with Crippen molar-refractivity contribution in [1.82, 2.24) is 4.90 Å². The third kappa shape index (κ3) is 7.11. The highest BCUT2D eigenvalue weighted by molar-refractivity contribution is 5.73. The van der Waals surface area contributed by atoms with E-state index in [4.69, 9.17) is 14.2 Å². The summed E-state index contributed by atoms with van der Waals surface area (Å²) in [5.74, 6) is -0.198. The standard InChI is InChI=1S/C26H39NO6/c1-3-4-5-6-7-8-9-10-14-17-27(19(2)28)22-23(29)24-21(32-25(22)30)18-31-26(33-24)20-15-12-11-13-16-20/h3,11-13,15-16,21-26,29-30H,1,4-10,14,17-18H2,2H3/t21-,22-,23-,24-,25-,26?/m1/s1. The van der Waals surface area contributed by atoms with Gasteiger partial charge in [-0.05, 0) is 19.3 Å². The van der Waals surface area contributed by atoms with E-state index in [1.165, 1.54) is 37.5 Å². The number of unbranched alkanes of at least 4 members (excludes halogenated alkanes) is 7. The van der Waals surface area contributed by atoms with Crippen LogP contribution >= 0.6 is 0 Å². The number of carbonyl (C=O) groups excluding carboxylic acids is 1. The van der Waals surface area contributed by atoms with Crippen LogP contribution in [0.3, 0.4) is 0 Å². The minimum Gasteiger partial charge on any atom is -0.388 e. The molecule has 0 radical (unpaired) electrons. The number of carbonyl (C=O) groups is 1. The molecule has 6 atom stereocenters. The van der Waals surface area contributed by atoms with Gasteiger partial charge in [0.25, 0.3) is 0 Å². The highest BCUT2D eigenvalue weighted by atomic mass is 16.7. The van der Waals surface area contributed by atoms with Gasteiger partial charge in [0, 0.05) is 19.0 Å². The molecule has 33 heavy (non-hydrogen) atoms. The molecule has 1 aromatic carbocycles. The quantitative estimate of drug-likeness (QED) is 0.365. The van der Waals surface area contributed by atoms with Gasteiger partial charge in [-0.2, -0.15) is 0 Å². The normalized spacial score (nSPS) is 29.3. The van der Waals surface area contributed by atoms with Crippen molar-refractivity contribution < 1.29 is 29.2 Å². The molecule has 1 aromatic rings. The first-order valence-corrected chi connectivity index (χ1v) is 12.2. The molecule has 0 saturated carbocycles. The molecule has 7 nitrogen and oxygen atoms in total. The number of fused-ring (bicyclic) bond motifs is 1. The van der Waals surface area contributed by atoms with Crippen LogP contribution < -0.4 is 0 Å². The van der Waals surface area contributed by atoms with E-state index >= 15 is 0 Å². The fourth-order valence-corrected chi connectivity index (χ4v) is 4.68. The predicted molar refractivity (Wildman–Crippen MR) is 125 cm³/mol. The van der Waals surface area contributed by atoms with Crippen molar-refractivity contribution in [2.75, 3.05) is 13.2 Å². The lowest BCUT2D eigenvalue weighted by Gasteiger charge is -2.49. The third-order valence-corrected chi connectivity index (χ3v) is 6.50. The Balaban J connectivity index is 1.53. The van der Waals surface area contributed by atoms with Crippen LogP contribution in [0.5, 0.6) is 0 Å². The molecule has 0 spiro atoms. The molecule has 2 fully saturated rings. The van der Waals surface area contributed by atoms with Crippen LogP contribution in [0.15, 0.2) is 43.0 Å². The number of rotatable bonds is 12. The molecule has 2 heterocycles. The van der Waals surface area contributed by atoms with Gasteiger partial charge >= 0.3 is 0 Å². The van der Waals surface area contributed by atoms with Gasteiger partial charge in [0.05, 0.1) is 6.61 Å². The van der Waals surface area contributed by atoms with Crippen LogP contribution in [0, 0.1) is 0 Å². The van der Waals surface area contributed by atoms with Crippen LogP contribution in [-0.2, 0) is 19.0 Å². The molecule has 2 saturated heterocycles. The Kier molecular flexibility index (Phi) is 10.3. The fraction of sp³-hybridized carbons (Fsp3) is 0.654. The second-order valence-electron chi connectivity index (χ2n) is 8.99. The lowest BCUT2D eigenvalue weighted by molar-refractivity contribution is -0.345. The summed E-state index contributed by atoms with van der Waals surface area (Å²) in [5.41, 5.74) is 0.846. The molecular weight excluding hydrogens is 422 g/mol. The van der Waals surface area contributed by atoms with Gasteiger partial charge in [-0.1, -0.05) is 68.5 Å². The first-order chi connectivity index (χ1) is 16.0. The molecule has 2 aliphatic heterocycles. The van der Waals surface area contributed by atoms with Crippen molar-refractivity contribution in [3.05, 3.63) is 48.6 Å². The highest BCUT2D eigenvalue weighted by Gasteiger charge is 2.51. The Hall–Kier alpha value is -1.77. The van der Waals surface area contributed by atoms with Gasteiger partial charge in [0.1, 0.15) is 24.4 Å². The Morgan fingerprint density at radius 1 is 1.06 bits per heavy atom. The number of aliphatic hydroxyl groups is 2. The molecule has 0 aliphatic carbocycles. The zero-order valence-electron chi connectivity index (χ0n) is 19.7. The summed E-state index contributed by atoms with van der Waals surface area (Å²) >= 11 is 0. The molecule has 7 heteroatoms. The van der Waals surface area contributed by atoms with Gasteiger partial charge in [0.15, 0.2) is 12.6 Å². The Bertz CT molecular complexity index is 729. The predicted octanol–water partition coefficient (Wildman–Crippen LogP) is 3.70. The van der Waals surface area contributed by atoms with E-state index in [1.807, 2.05) is 36.4 Å². The number of hydrogen-bond acceptors (Lipinski definition) is 6. The smallest absolute Gasteiger partial charge is 0.219 e. The SMILES string of the molecule is C=CCCCCCCCCCN(C(C)=O)[C@@H]1[C@@H](O)[C@@H]2OC(c3ccccc3)OC[C@H]2O[C@H]1O. The summed E-state index contributed by atoms with van der Waals surface area (Å²) in [6.45, 7) is 5.86. The van der Waals surface area contributed by atoms with E-state index < -0.39 is 36.9 Å². The molecule has 184 valence electrons. The molecule has 1 unspecified atom stereocenters. The van der Waals surface area contributed by atoms with E-state index in [0.29, 0.717) is 6.54 Å². The topological polar surface area (TPSA) is 88.5 Å². The second-order valence-corrected chi connectivity index (χ2v) is 8.99. The summed E-state index contributed by atoms with van der Waals surface area (Å²) in [6, 6.07) is 8.62. The van der Waals surface area contributed by atoms with Crippen LogP contribution in [0.25, 0.3) is 0 Å². The van der Waals surface area contributed by atoms with Gasteiger partial charge in [0.2, 0.25) is 5.91 Å².